The van der Waals surface area contributed by atoms with Gasteiger partial charge in [0.25, 0.3) is 15.6 Å². The Morgan fingerprint density at radius 3 is 0.821 bits per heavy atom. The number of aliphatic hydroxyl groups excluding tert-OH is 2. The summed E-state index contributed by atoms with van der Waals surface area (Å²) in [5, 5.41) is 16.8. The monoisotopic (exact) mass is 458 g/mol. The van der Waals surface area contributed by atoms with E-state index in [-0.39, 0.29) is 13.2 Å². The van der Waals surface area contributed by atoms with Crippen LogP contribution in [0.4, 0.5) is 0 Å². The lowest BCUT2D eigenvalue weighted by atomic mass is 10.5. The van der Waals surface area contributed by atoms with Gasteiger partial charge >= 0.3 is 0 Å². The molecule has 0 aromatic carbocycles. The van der Waals surface area contributed by atoms with Crippen molar-refractivity contribution in [1.29, 1.82) is 0 Å². The normalized spacial score (nSPS) is 11.9. The van der Waals surface area contributed by atoms with Crippen molar-refractivity contribution in [2.45, 2.75) is 0 Å². The van der Waals surface area contributed by atoms with Crippen molar-refractivity contribution in [2.24, 2.45) is 0 Å². The van der Waals surface area contributed by atoms with Crippen LogP contribution in [0.15, 0.2) is 0 Å². The van der Waals surface area contributed by atoms with Crippen molar-refractivity contribution in [3.05, 3.63) is 0 Å². The smallest absolute Gasteiger partial charge is 0.267 e. The lowest BCUT2D eigenvalue weighted by molar-refractivity contribution is -0.870. The standard InChI is InChI=1S/2C5H14NO.2C2H7O4P/c2*1-6(2,3)4-5-7;2*1-5-7(3,4)6-2/h2*7H,4-5H2,1-3H3;2*1-2H3,(H,3,4)/q2*+1;;/p-2. The molecule has 0 aliphatic rings. The minimum Gasteiger partial charge on any atom is -0.756 e. The maximum absolute atomic E-state index is 9.95. The Morgan fingerprint density at radius 1 is 0.643 bits per heavy atom. The molecule has 0 bridgehead atoms. The van der Waals surface area contributed by atoms with Gasteiger partial charge in [0.1, 0.15) is 13.1 Å². The van der Waals surface area contributed by atoms with Crippen LogP contribution in [0.5, 0.6) is 0 Å². The van der Waals surface area contributed by atoms with Crippen LogP contribution in [0.2, 0.25) is 0 Å². The van der Waals surface area contributed by atoms with Gasteiger partial charge in [0.05, 0.1) is 55.5 Å². The van der Waals surface area contributed by atoms with E-state index in [1.165, 1.54) is 0 Å². The molecule has 0 aromatic heterocycles. The first-order chi connectivity index (χ1) is 12.4. The second kappa shape index (κ2) is 17.9. The van der Waals surface area contributed by atoms with Gasteiger partial charge in [-0.15, -0.1) is 0 Å². The highest BCUT2D eigenvalue weighted by Gasteiger charge is 2.03. The topological polar surface area (TPSA) is 158 Å². The number of quaternary nitrogens is 2. The second-order valence-electron chi connectivity index (χ2n) is 7.10. The lowest BCUT2D eigenvalue weighted by Crippen LogP contribution is -2.36. The molecule has 0 saturated heterocycles. The van der Waals surface area contributed by atoms with Gasteiger partial charge in [-0.05, 0) is 0 Å². The maximum Gasteiger partial charge on any atom is 0.267 e. The van der Waals surface area contributed by atoms with Crippen LogP contribution < -0.4 is 9.79 Å². The third-order valence-electron chi connectivity index (χ3n) is 2.44. The number of phosphoric acid groups is 2. The molecular formula is C14H40N2O10P2. The first-order valence-corrected chi connectivity index (χ1v) is 11.0. The zero-order valence-electron chi connectivity index (χ0n) is 18.8. The Labute approximate surface area is 169 Å². The molecule has 0 radical (unpaired) electrons. The van der Waals surface area contributed by atoms with Crippen molar-refractivity contribution >= 4 is 15.6 Å². The number of aliphatic hydroxyl groups is 2. The SMILES string of the molecule is COP(=O)([O-])OC.COP(=O)([O-])OC.C[N+](C)(C)CCO.C[N+](C)(C)CCO. The van der Waals surface area contributed by atoms with Crippen molar-refractivity contribution in [3.8, 4) is 0 Å². The number of hydrogen-bond donors (Lipinski definition) is 2. The number of rotatable bonds is 8. The quantitative estimate of drug-likeness (QED) is 0.337. The van der Waals surface area contributed by atoms with Crippen molar-refractivity contribution in [2.75, 3.05) is 97.0 Å². The summed E-state index contributed by atoms with van der Waals surface area (Å²) in [7, 11) is 8.66. The van der Waals surface area contributed by atoms with Crippen LogP contribution in [0.1, 0.15) is 0 Å². The summed E-state index contributed by atoms with van der Waals surface area (Å²) in [6.07, 6.45) is 0. The number of likely N-dealkylation sites (N-methyl/N-ethyl adjacent to an activating group) is 2. The van der Waals surface area contributed by atoms with Crippen LogP contribution >= 0.6 is 15.6 Å². The van der Waals surface area contributed by atoms with E-state index in [9.17, 15) is 18.9 Å². The van der Waals surface area contributed by atoms with Gasteiger partial charge in [-0.25, -0.2) is 0 Å². The fraction of sp³-hybridized carbons (Fsp3) is 1.00. The Morgan fingerprint density at radius 2 is 0.821 bits per heavy atom. The Balaban J connectivity index is -0.000000137. The average molecular weight is 458 g/mol. The third-order valence-corrected chi connectivity index (χ3v) is 4.22. The molecule has 176 valence electrons. The average Bonchev–Trinajstić information content (AvgIpc) is 2.54. The maximum atomic E-state index is 9.95. The molecule has 0 rings (SSSR count). The largest absolute Gasteiger partial charge is 0.756 e. The van der Waals surface area contributed by atoms with E-state index in [4.69, 9.17) is 10.2 Å². The molecule has 0 spiro atoms. The predicted molar refractivity (Wildman–Crippen MR) is 103 cm³/mol. The summed E-state index contributed by atoms with van der Waals surface area (Å²) in [5.41, 5.74) is 0. The molecule has 14 heteroatoms. The van der Waals surface area contributed by atoms with Gasteiger partial charge in [-0.2, -0.15) is 0 Å². The van der Waals surface area contributed by atoms with E-state index < -0.39 is 15.6 Å². The molecule has 0 saturated carbocycles. The van der Waals surface area contributed by atoms with Gasteiger partial charge in [0.2, 0.25) is 0 Å². The summed E-state index contributed by atoms with van der Waals surface area (Å²) in [4.78, 5) is 19.9. The molecular weight excluding hydrogens is 418 g/mol. The molecule has 0 aliphatic heterocycles. The Hall–Kier alpha value is 0.0600. The van der Waals surface area contributed by atoms with Crippen LogP contribution in [0, 0.1) is 0 Å². The molecule has 12 nitrogen and oxygen atoms in total. The van der Waals surface area contributed by atoms with Crippen LogP contribution in [-0.4, -0.2) is 116 Å². The van der Waals surface area contributed by atoms with Gasteiger partial charge in [0, 0.05) is 28.4 Å². The second-order valence-corrected chi connectivity index (χ2v) is 10.3. The van der Waals surface area contributed by atoms with Gasteiger partial charge in [-0.1, -0.05) is 0 Å². The molecule has 0 aliphatic carbocycles. The summed E-state index contributed by atoms with van der Waals surface area (Å²) in [5.74, 6) is 0. The number of hydrogen-bond acceptors (Lipinski definition) is 10. The lowest BCUT2D eigenvalue weighted by Gasteiger charge is -2.21. The highest BCUT2D eigenvalue weighted by Crippen LogP contribution is 2.35. The number of nitrogens with zero attached hydrogens (tertiary/aromatic N) is 2. The van der Waals surface area contributed by atoms with Crippen LogP contribution in [0.25, 0.3) is 0 Å². The summed E-state index contributed by atoms with van der Waals surface area (Å²) < 4.78 is 37.0. The van der Waals surface area contributed by atoms with E-state index >= 15 is 0 Å². The van der Waals surface area contributed by atoms with E-state index in [1.807, 2.05) is 0 Å². The number of phosphoric ester groups is 2. The zero-order valence-corrected chi connectivity index (χ0v) is 20.6. The van der Waals surface area contributed by atoms with Crippen LogP contribution in [0.3, 0.4) is 0 Å². The highest BCUT2D eigenvalue weighted by molar-refractivity contribution is 7.46. The van der Waals surface area contributed by atoms with Crippen molar-refractivity contribution < 1.29 is 56.2 Å². The van der Waals surface area contributed by atoms with E-state index in [1.54, 1.807) is 0 Å². The summed E-state index contributed by atoms with van der Waals surface area (Å²) in [6.45, 7) is 2.23. The van der Waals surface area contributed by atoms with Gasteiger partial charge in [-0.3, -0.25) is 9.13 Å². The van der Waals surface area contributed by atoms with Crippen molar-refractivity contribution in [1.82, 2.24) is 0 Å². The zero-order chi connectivity index (χ0) is 23.7. The molecule has 0 fully saturated rings. The molecule has 0 aromatic rings. The summed E-state index contributed by atoms with van der Waals surface area (Å²) in [6, 6.07) is 0. The van der Waals surface area contributed by atoms with E-state index in [0.717, 1.165) is 50.5 Å². The van der Waals surface area contributed by atoms with E-state index in [2.05, 4.69) is 60.4 Å². The van der Waals surface area contributed by atoms with E-state index in [0.29, 0.717) is 0 Å². The van der Waals surface area contributed by atoms with Gasteiger partial charge < -0.3 is 47.1 Å². The molecule has 0 amide bonds. The fourth-order valence-electron chi connectivity index (χ4n) is 0.749. The minimum atomic E-state index is -3.90. The first kappa shape index (κ1) is 35.5. The molecule has 0 unspecified atom stereocenters. The van der Waals surface area contributed by atoms with Gasteiger partial charge in [0.15, 0.2) is 0 Å². The molecule has 28 heavy (non-hydrogen) atoms. The first-order valence-electron chi connectivity index (χ1n) is 8.04. The molecule has 2 N–H and O–H groups in total. The molecule has 0 atom stereocenters. The van der Waals surface area contributed by atoms with Crippen molar-refractivity contribution in [3.63, 3.8) is 0 Å². The fourth-order valence-corrected chi connectivity index (χ4v) is 1.05. The minimum absolute atomic E-state index is 0.281. The Bertz CT molecular complexity index is 383. The third kappa shape index (κ3) is 40.7. The molecule has 0 heterocycles. The van der Waals surface area contributed by atoms with Crippen LogP contribution in [-0.2, 0) is 27.2 Å². The summed E-state index contributed by atoms with van der Waals surface area (Å²) >= 11 is 0. The predicted octanol–water partition coefficient (Wildman–Crippen LogP) is -1.13. The Kier molecular flexibility index (Phi) is 22.7. The highest BCUT2D eigenvalue weighted by atomic mass is 31.2.